The van der Waals surface area contributed by atoms with Crippen molar-refractivity contribution in [3.05, 3.63) is 66.2 Å². The molecule has 7 nitrogen and oxygen atoms in total. The molecule has 1 aliphatic rings. The second kappa shape index (κ2) is 12.9. The maximum Gasteiger partial charge on any atom is 0.243 e. The molecular weight excluding hydrogens is 505 g/mol. The summed E-state index contributed by atoms with van der Waals surface area (Å²) in [4.78, 5) is 30.5. The molecule has 0 spiro atoms. The number of hydrogen-bond donors (Lipinski definition) is 3. The van der Waals surface area contributed by atoms with Gasteiger partial charge in [-0.3, -0.25) is 14.6 Å². The molecule has 0 saturated carbocycles. The van der Waals surface area contributed by atoms with Crippen LogP contribution in [0.25, 0.3) is 0 Å². The third-order valence-corrected chi connectivity index (χ3v) is 5.06. The van der Waals surface area contributed by atoms with E-state index in [2.05, 4.69) is 33.1 Å². The van der Waals surface area contributed by atoms with Gasteiger partial charge in [0.05, 0.1) is 6.54 Å². The summed E-state index contributed by atoms with van der Waals surface area (Å²) in [6.45, 7) is 2.23. The number of likely N-dealkylation sites (tertiary alicyclic amines) is 1. The smallest absolute Gasteiger partial charge is 0.243 e. The molecule has 0 aliphatic carbocycles. The molecule has 3 rings (SSSR count). The number of para-hydroxylation sites is 1. The number of halogens is 1. The summed E-state index contributed by atoms with van der Waals surface area (Å²) in [6, 6.07) is 19.5. The monoisotopic (exact) mass is 535 g/mol. The Morgan fingerprint density at radius 2 is 1.74 bits per heavy atom. The molecule has 1 heterocycles. The molecule has 1 saturated heterocycles. The van der Waals surface area contributed by atoms with Gasteiger partial charge >= 0.3 is 0 Å². The molecule has 3 N–H and O–H groups in total. The van der Waals surface area contributed by atoms with Crippen molar-refractivity contribution in [1.29, 1.82) is 0 Å². The van der Waals surface area contributed by atoms with Crippen LogP contribution in [0.2, 0.25) is 0 Å². The lowest BCUT2D eigenvalue weighted by molar-refractivity contribution is -0.127. The average molecular weight is 535 g/mol. The van der Waals surface area contributed by atoms with Gasteiger partial charge in [-0.1, -0.05) is 48.5 Å². The fraction of sp³-hybridized carbons (Fsp3) is 0.348. The van der Waals surface area contributed by atoms with Crippen molar-refractivity contribution in [2.75, 3.05) is 38.5 Å². The Morgan fingerprint density at radius 3 is 2.42 bits per heavy atom. The van der Waals surface area contributed by atoms with Crippen LogP contribution < -0.4 is 16.0 Å². The van der Waals surface area contributed by atoms with Crippen LogP contribution in [0.5, 0.6) is 0 Å². The molecule has 8 heteroatoms. The molecule has 0 bridgehead atoms. The minimum Gasteiger partial charge on any atom is -0.356 e. The standard InChI is InChI=1S/C23H29N5O2.HI/c1-24-23(26-16-21(29)27-20-10-6-3-7-11-20)25-15-19-14-22(30)28(17-19)13-12-18-8-4-2-5-9-18;/h2-11,19H,12-17H2,1H3,(H,27,29)(H2,24,25,26);1H. The zero-order chi connectivity index (χ0) is 21.2. The number of amides is 2. The first-order valence-corrected chi connectivity index (χ1v) is 10.2. The van der Waals surface area contributed by atoms with E-state index in [1.807, 2.05) is 53.4 Å². The number of guanidine groups is 1. The van der Waals surface area contributed by atoms with Gasteiger partial charge < -0.3 is 20.9 Å². The van der Waals surface area contributed by atoms with Crippen LogP contribution >= 0.6 is 24.0 Å². The zero-order valence-electron chi connectivity index (χ0n) is 17.7. The molecule has 1 aliphatic heterocycles. The van der Waals surface area contributed by atoms with Crippen molar-refractivity contribution in [3.63, 3.8) is 0 Å². The minimum absolute atomic E-state index is 0. The summed E-state index contributed by atoms with van der Waals surface area (Å²) in [5.41, 5.74) is 2.00. The molecule has 2 aromatic carbocycles. The fourth-order valence-electron chi connectivity index (χ4n) is 3.47. The number of anilines is 1. The SMILES string of the molecule is CN=C(NCC(=O)Nc1ccccc1)NCC1CC(=O)N(CCc2ccccc2)C1.I. The van der Waals surface area contributed by atoms with Gasteiger partial charge in [0.15, 0.2) is 5.96 Å². The van der Waals surface area contributed by atoms with E-state index in [9.17, 15) is 9.59 Å². The molecule has 31 heavy (non-hydrogen) atoms. The lowest BCUT2D eigenvalue weighted by Gasteiger charge is -2.18. The normalized spacial score (nSPS) is 15.9. The average Bonchev–Trinajstić information content (AvgIpc) is 3.13. The Kier molecular flexibility index (Phi) is 10.3. The van der Waals surface area contributed by atoms with Gasteiger partial charge in [0, 0.05) is 44.7 Å². The van der Waals surface area contributed by atoms with Crippen LogP contribution in [0.4, 0.5) is 5.69 Å². The van der Waals surface area contributed by atoms with Crippen LogP contribution in [0.1, 0.15) is 12.0 Å². The number of carbonyl (C=O) groups is 2. The van der Waals surface area contributed by atoms with Gasteiger partial charge in [-0.2, -0.15) is 0 Å². The predicted octanol–water partition coefficient (Wildman–Crippen LogP) is 2.50. The fourth-order valence-corrected chi connectivity index (χ4v) is 3.47. The number of hydrogen-bond acceptors (Lipinski definition) is 3. The Balaban J connectivity index is 0.00000341. The summed E-state index contributed by atoms with van der Waals surface area (Å²) < 4.78 is 0. The first-order valence-electron chi connectivity index (χ1n) is 10.2. The molecule has 2 amide bonds. The third kappa shape index (κ3) is 8.20. The topological polar surface area (TPSA) is 85.8 Å². The molecule has 166 valence electrons. The van der Waals surface area contributed by atoms with Crippen molar-refractivity contribution in [2.45, 2.75) is 12.8 Å². The summed E-state index contributed by atoms with van der Waals surface area (Å²) in [7, 11) is 1.66. The third-order valence-electron chi connectivity index (χ3n) is 5.06. The van der Waals surface area contributed by atoms with Gasteiger partial charge in [0.2, 0.25) is 11.8 Å². The molecule has 0 radical (unpaired) electrons. The van der Waals surface area contributed by atoms with Gasteiger partial charge in [-0.05, 0) is 24.1 Å². The Hall–Kier alpha value is -2.62. The minimum atomic E-state index is -0.146. The van der Waals surface area contributed by atoms with E-state index in [4.69, 9.17) is 0 Å². The van der Waals surface area contributed by atoms with Crippen molar-refractivity contribution in [3.8, 4) is 0 Å². The highest BCUT2D eigenvalue weighted by atomic mass is 127. The lowest BCUT2D eigenvalue weighted by atomic mass is 10.1. The van der Waals surface area contributed by atoms with E-state index in [-0.39, 0.29) is 48.3 Å². The highest BCUT2D eigenvalue weighted by Gasteiger charge is 2.29. The molecule has 1 fully saturated rings. The van der Waals surface area contributed by atoms with Gasteiger partial charge in [0.1, 0.15) is 0 Å². The highest BCUT2D eigenvalue weighted by Crippen LogP contribution is 2.17. The first kappa shape index (κ1) is 24.6. The van der Waals surface area contributed by atoms with Crippen LogP contribution in [0.15, 0.2) is 65.7 Å². The van der Waals surface area contributed by atoms with Crippen molar-refractivity contribution < 1.29 is 9.59 Å². The summed E-state index contributed by atoms with van der Waals surface area (Å²) in [5, 5.41) is 9.06. The highest BCUT2D eigenvalue weighted by molar-refractivity contribution is 14.0. The summed E-state index contributed by atoms with van der Waals surface area (Å²) in [5.74, 6) is 0.827. The molecule has 2 aromatic rings. The number of rotatable bonds is 8. The van der Waals surface area contributed by atoms with E-state index in [1.54, 1.807) is 7.05 Å². The number of nitrogens with one attached hydrogen (secondary N) is 3. The van der Waals surface area contributed by atoms with E-state index >= 15 is 0 Å². The van der Waals surface area contributed by atoms with Crippen molar-refractivity contribution in [1.82, 2.24) is 15.5 Å². The second-order valence-electron chi connectivity index (χ2n) is 7.37. The lowest BCUT2D eigenvalue weighted by Crippen LogP contribution is -2.43. The first-order chi connectivity index (χ1) is 14.6. The van der Waals surface area contributed by atoms with Gasteiger partial charge in [-0.15, -0.1) is 24.0 Å². The second-order valence-corrected chi connectivity index (χ2v) is 7.37. The molecule has 1 atom stereocenters. The van der Waals surface area contributed by atoms with E-state index < -0.39 is 0 Å². The molecular formula is C23H30IN5O2. The summed E-state index contributed by atoms with van der Waals surface area (Å²) >= 11 is 0. The van der Waals surface area contributed by atoms with E-state index in [0.29, 0.717) is 18.9 Å². The van der Waals surface area contributed by atoms with Crippen LogP contribution in [-0.4, -0.2) is 55.9 Å². The van der Waals surface area contributed by atoms with Crippen LogP contribution in [-0.2, 0) is 16.0 Å². The predicted molar refractivity (Wildman–Crippen MR) is 135 cm³/mol. The zero-order valence-corrected chi connectivity index (χ0v) is 20.0. The largest absolute Gasteiger partial charge is 0.356 e. The van der Waals surface area contributed by atoms with Crippen LogP contribution in [0, 0.1) is 5.92 Å². The van der Waals surface area contributed by atoms with E-state index in [0.717, 1.165) is 25.2 Å². The maximum atomic E-state index is 12.3. The van der Waals surface area contributed by atoms with Gasteiger partial charge in [0.25, 0.3) is 0 Å². The molecule has 0 aromatic heterocycles. The Labute approximate surface area is 200 Å². The quantitative estimate of drug-likeness (QED) is 0.276. The van der Waals surface area contributed by atoms with Crippen molar-refractivity contribution >= 4 is 47.4 Å². The van der Waals surface area contributed by atoms with E-state index in [1.165, 1.54) is 5.56 Å². The summed E-state index contributed by atoms with van der Waals surface area (Å²) in [6.07, 6.45) is 1.40. The van der Waals surface area contributed by atoms with Gasteiger partial charge in [-0.25, -0.2) is 0 Å². The number of nitrogens with zero attached hydrogens (tertiary/aromatic N) is 2. The molecule has 1 unspecified atom stereocenters. The van der Waals surface area contributed by atoms with Crippen LogP contribution in [0.3, 0.4) is 0 Å². The number of benzene rings is 2. The Bertz CT molecular complexity index is 861. The number of aliphatic imine (C=N–C) groups is 1. The number of carbonyl (C=O) groups excluding carboxylic acids is 2. The van der Waals surface area contributed by atoms with Crippen molar-refractivity contribution in [2.24, 2.45) is 10.9 Å². The maximum absolute atomic E-state index is 12.3. The Morgan fingerprint density at radius 1 is 1.06 bits per heavy atom.